The summed E-state index contributed by atoms with van der Waals surface area (Å²) < 4.78 is 4.85. The van der Waals surface area contributed by atoms with Crippen molar-refractivity contribution < 1.29 is 19.2 Å². The Balaban J connectivity index is 4.09. The van der Waals surface area contributed by atoms with Gasteiger partial charge in [-0.25, -0.2) is 4.79 Å². The van der Waals surface area contributed by atoms with Gasteiger partial charge >= 0.3 is 5.97 Å². The van der Waals surface area contributed by atoms with E-state index in [1.54, 1.807) is 6.92 Å². The Morgan fingerprint density at radius 2 is 2.08 bits per heavy atom. The molecular weight excluding hydrogens is 162 g/mol. The van der Waals surface area contributed by atoms with Crippen molar-refractivity contribution >= 4 is 11.8 Å². The van der Waals surface area contributed by atoms with Gasteiger partial charge in [-0.3, -0.25) is 4.79 Å². The molecule has 0 aromatic carbocycles. The molecule has 1 atom stereocenters. The second-order valence-electron chi connectivity index (χ2n) is 2.07. The predicted molar refractivity (Wildman–Crippen MR) is 41.2 cm³/mol. The zero-order valence-electron chi connectivity index (χ0n) is 7.42. The average molecular weight is 175 g/mol. The van der Waals surface area contributed by atoms with Crippen molar-refractivity contribution in [1.82, 2.24) is 5.48 Å². The summed E-state index contributed by atoms with van der Waals surface area (Å²) in [6.45, 7) is 3.27. The number of hydroxylamine groups is 1. The van der Waals surface area contributed by atoms with Crippen LogP contribution < -0.4 is 5.48 Å². The lowest BCUT2D eigenvalue weighted by Gasteiger charge is -2.11. The highest BCUT2D eigenvalue weighted by atomic mass is 16.7. The lowest BCUT2D eigenvalue weighted by Crippen LogP contribution is -2.35. The van der Waals surface area contributed by atoms with Gasteiger partial charge in [-0.05, 0) is 13.8 Å². The predicted octanol–water partition coefficient (Wildman–Crippen LogP) is -0.342. The summed E-state index contributed by atoms with van der Waals surface area (Å²) in [5, 5.41) is 0. The van der Waals surface area contributed by atoms with Gasteiger partial charge in [0.05, 0.1) is 0 Å². The molecule has 70 valence electrons. The van der Waals surface area contributed by atoms with E-state index in [1.165, 1.54) is 14.0 Å². The first-order chi connectivity index (χ1) is 5.63. The standard InChI is InChI=1S/C7H13NO4/c1-4-11-6(5(2)9)7(10)12-8-3/h6,8H,4H2,1-3H3. The van der Waals surface area contributed by atoms with Gasteiger partial charge in [0.2, 0.25) is 6.10 Å². The molecule has 0 aromatic heterocycles. The van der Waals surface area contributed by atoms with Gasteiger partial charge in [0.25, 0.3) is 0 Å². The number of carbonyl (C=O) groups excluding carboxylic acids is 2. The zero-order valence-corrected chi connectivity index (χ0v) is 7.42. The molecule has 0 heterocycles. The second-order valence-corrected chi connectivity index (χ2v) is 2.07. The van der Waals surface area contributed by atoms with E-state index in [4.69, 9.17) is 4.74 Å². The molecule has 0 spiro atoms. The van der Waals surface area contributed by atoms with Gasteiger partial charge < -0.3 is 9.57 Å². The van der Waals surface area contributed by atoms with Crippen molar-refractivity contribution in [2.24, 2.45) is 0 Å². The van der Waals surface area contributed by atoms with E-state index in [0.29, 0.717) is 6.61 Å². The van der Waals surface area contributed by atoms with Gasteiger partial charge in [0.15, 0.2) is 5.78 Å². The molecule has 0 saturated heterocycles. The summed E-state index contributed by atoms with van der Waals surface area (Å²) in [6.07, 6.45) is -1.11. The van der Waals surface area contributed by atoms with Crippen LogP contribution in [-0.2, 0) is 19.2 Å². The van der Waals surface area contributed by atoms with E-state index < -0.39 is 12.1 Å². The highest BCUT2D eigenvalue weighted by Crippen LogP contribution is 1.96. The SMILES string of the molecule is CCOC(C(C)=O)C(=O)ONC. The molecular formula is C7H13NO4. The van der Waals surface area contributed by atoms with E-state index in [9.17, 15) is 9.59 Å². The minimum atomic E-state index is -1.11. The summed E-state index contributed by atoms with van der Waals surface area (Å²) in [5.41, 5.74) is 2.18. The summed E-state index contributed by atoms with van der Waals surface area (Å²) in [6, 6.07) is 0. The van der Waals surface area contributed by atoms with Crippen molar-refractivity contribution in [1.29, 1.82) is 0 Å². The van der Waals surface area contributed by atoms with Crippen LogP contribution in [0.15, 0.2) is 0 Å². The molecule has 0 aliphatic heterocycles. The Morgan fingerprint density at radius 3 is 2.42 bits per heavy atom. The molecule has 0 aromatic rings. The van der Waals surface area contributed by atoms with Crippen LogP contribution in [0.25, 0.3) is 0 Å². The zero-order chi connectivity index (χ0) is 9.56. The molecule has 0 aliphatic rings. The Labute approximate surface area is 71.0 Å². The van der Waals surface area contributed by atoms with Crippen LogP contribution >= 0.6 is 0 Å². The van der Waals surface area contributed by atoms with E-state index in [2.05, 4.69) is 10.3 Å². The maximum Gasteiger partial charge on any atom is 0.361 e. The van der Waals surface area contributed by atoms with Crippen molar-refractivity contribution in [3.05, 3.63) is 0 Å². The topological polar surface area (TPSA) is 64.6 Å². The van der Waals surface area contributed by atoms with E-state index >= 15 is 0 Å². The highest BCUT2D eigenvalue weighted by Gasteiger charge is 2.25. The first kappa shape index (κ1) is 11.1. The van der Waals surface area contributed by atoms with Gasteiger partial charge in [0.1, 0.15) is 0 Å². The first-order valence-electron chi connectivity index (χ1n) is 3.63. The highest BCUT2D eigenvalue weighted by molar-refractivity contribution is 6.00. The lowest BCUT2D eigenvalue weighted by molar-refractivity contribution is -0.166. The molecule has 5 nitrogen and oxygen atoms in total. The number of nitrogens with one attached hydrogen (secondary N) is 1. The van der Waals surface area contributed by atoms with Crippen LogP contribution in [0.3, 0.4) is 0 Å². The van der Waals surface area contributed by atoms with Crippen LogP contribution in [0.5, 0.6) is 0 Å². The summed E-state index contributed by atoms with van der Waals surface area (Å²) >= 11 is 0. The lowest BCUT2D eigenvalue weighted by atomic mass is 10.2. The number of carbonyl (C=O) groups is 2. The quantitative estimate of drug-likeness (QED) is 0.457. The maximum atomic E-state index is 10.9. The van der Waals surface area contributed by atoms with Crippen molar-refractivity contribution in [2.75, 3.05) is 13.7 Å². The van der Waals surface area contributed by atoms with E-state index in [-0.39, 0.29) is 5.78 Å². The van der Waals surface area contributed by atoms with Crippen molar-refractivity contribution in [3.8, 4) is 0 Å². The number of hydrogen-bond acceptors (Lipinski definition) is 5. The van der Waals surface area contributed by atoms with Crippen molar-refractivity contribution in [2.45, 2.75) is 20.0 Å². The fraction of sp³-hybridized carbons (Fsp3) is 0.714. The first-order valence-corrected chi connectivity index (χ1v) is 3.63. The number of ether oxygens (including phenoxy) is 1. The van der Waals surface area contributed by atoms with Crippen LogP contribution in [0.1, 0.15) is 13.8 Å². The minimum Gasteiger partial charge on any atom is -0.368 e. The number of rotatable bonds is 5. The van der Waals surface area contributed by atoms with Crippen LogP contribution in [0, 0.1) is 0 Å². The molecule has 0 bridgehead atoms. The third-order valence-electron chi connectivity index (χ3n) is 1.12. The molecule has 0 saturated carbocycles. The van der Waals surface area contributed by atoms with Gasteiger partial charge in [0, 0.05) is 13.7 Å². The molecule has 1 unspecified atom stereocenters. The van der Waals surface area contributed by atoms with E-state index in [1.807, 2.05) is 0 Å². The number of hydrogen-bond donors (Lipinski definition) is 1. The Kier molecular flexibility index (Phi) is 5.23. The largest absolute Gasteiger partial charge is 0.368 e. The molecule has 12 heavy (non-hydrogen) atoms. The minimum absolute atomic E-state index is 0.295. The normalized spacial score (nSPS) is 12.2. The third-order valence-corrected chi connectivity index (χ3v) is 1.12. The van der Waals surface area contributed by atoms with E-state index in [0.717, 1.165) is 0 Å². The van der Waals surface area contributed by atoms with Gasteiger partial charge in [-0.1, -0.05) is 0 Å². The molecule has 1 N–H and O–H groups in total. The number of Topliss-reactive ketones (excluding diaryl/α,β-unsaturated/α-hetero) is 1. The van der Waals surface area contributed by atoms with Gasteiger partial charge in [-0.15, -0.1) is 0 Å². The second kappa shape index (κ2) is 5.68. The molecule has 0 amide bonds. The molecule has 0 rings (SSSR count). The number of ketones is 1. The fourth-order valence-corrected chi connectivity index (χ4v) is 0.672. The summed E-state index contributed by atoms with van der Waals surface area (Å²) in [7, 11) is 1.43. The van der Waals surface area contributed by atoms with Gasteiger partial charge in [-0.2, -0.15) is 5.48 Å². The Bertz CT molecular complexity index is 169. The molecule has 0 fully saturated rings. The molecule has 5 heteroatoms. The molecule has 0 aliphatic carbocycles. The fourth-order valence-electron chi connectivity index (χ4n) is 0.672. The summed E-state index contributed by atoms with van der Waals surface area (Å²) in [4.78, 5) is 26.1. The smallest absolute Gasteiger partial charge is 0.361 e. The van der Waals surface area contributed by atoms with Crippen LogP contribution in [0.4, 0.5) is 0 Å². The molecule has 0 radical (unpaired) electrons. The Hall–Kier alpha value is -0.940. The van der Waals surface area contributed by atoms with Crippen molar-refractivity contribution in [3.63, 3.8) is 0 Å². The average Bonchev–Trinajstić information content (AvgIpc) is 1.99. The third kappa shape index (κ3) is 3.45. The van der Waals surface area contributed by atoms with Crippen LogP contribution in [0.2, 0.25) is 0 Å². The monoisotopic (exact) mass is 175 g/mol. The Morgan fingerprint density at radius 1 is 1.50 bits per heavy atom. The maximum absolute atomic E-state index is 10.9. The summed E-state index contributed by atoms with van der Waals surface area (Å²) in [5.74, 6) is -1.08. The van der Waals surface area contributed by atoms with Crippen LogP contribution in [-0.4, -0.2) is 31.5 Å².